The molecule has 0 aromatic heterocycles. The lowest BCUT2D eigenvalue weighted by molar-refractivity contribution is -0.141. The van der Waals surface area contributed by atoms with Crippen molar-refractivity contribution >= 4 is 11.8 Å². The molecular weight excluding hydrogens is 424 g/mol. The van der Waals surface area contributed by atoms with Crippen molar-refractivity contribution in [3.8, 4) is 5.75 Å². The maximum Gasteiger partial charge on any atom is 0.243 e. The van der Waals surface area contributed by atoms with E-state index in [0.29, 0.717) is 13.0 Å². The van der Waals surface area contributed by atoms with E-state index < -0.39 is 6.04 Å². The summed E-state index contributed by atoms with van der Waals surface area (Å²) in [7, 11) is 1.62. The van der Waals surface area contributed by atoms with Gasteiger partial charge in [-0.1, -0.05) is 72.3 Å². The van der Waals surface area contributed by atoms with Gasteiger partial charge < -0.3 is 15.0 Å². The van der Waals surface area contributed by atoms with E-state index in [4.69, 9.17) is 4.74 Å². The fourth-order valence-corrected chi connectivity index (χ4v) is 3.96. The van der Waals surface area contributed by atoms with Gasteiger partial charge in [-0.25, -0.2) is 0 Å². The van der Waals surface area contributed by atoms with Crippen LogP contribution in [0.2, 0.25) is 0 Å². The minimum atomic E-state index is -0.629. The summed E-state index contributed by atoms with van der Waals surface area (Å²) in [6.45, 7) is 6.25. The average molecular weight is 459 g/mol. The van der Waals surface area contributed by atoms with Crippen LogP contribution in [0.15, 0.2) is 78.9 Å². The molecule has 0 saturated heterocycles. The van der Waals surface area contributed by atoms with E-state index in [0.717, 1.165) is 28.0 Å². The summed E-state index contributed by atoms with van der Waals surface area (Å²) in [6.07, 6.45) is 0.648. The molecule has 0 bridgehead atoms. The van der Waals surface area contributed by atoms with Crippen LogP contribution < -0.4 is 10.1 Å². The largest absolute Gasteiger partial charge is 0.497 e. The van der Waals surface area contributed by atoms with Crippen LogP contribution >= 0.6 is 0 Å². The number of aryl methyl sites for hydroxylation is 1. The Labute approximate surface area is 202 Å². The van der Waals surface area contributed by atoms with E-state index in [1.54, 1.807) is 12.0 Å². The number of methoxy groups -OCH3 is 1. The summed E-state index contributed by atoms with van der Waals surface area (Å²) in [4.78, 5) is 28.8. The molecular formula is C29H34N2O3. The van der Waals surface area contributed by atoms with Gasteiger partial charge in [0.25, 0.3) is 0 Å². The van der Waals surface area contributed by atoms with Gasteiger partial charge in [-0.15, -0.1) is 0 Å². The number of hydrogen-bond acceptors (Lipinski definition) is 3. The highest BCUT2D eigenvalue weighted by atomic mass is 16.5. The molecule has 3 aromatic rings. The summed E-state index contributed by atoms with van der Waals surface area (Å²) < 4.78 is 5.24. The normalized spacial score (nSPS) is 11.7. The quantitative estimate of drug-likeness (QED) is 0.479. The van der Waals surface area contributed by atoms with E-state index in [2.05, 4.69) is 11.4 Å². The number of nitrogens with zero attached hydrogens (tertiary/aromatic N) is 1. The van der Waals surface area contributed by atoms with Crippen molar-refractivity contribution in [3.05, 3.63) is 101 Å². The Balaban J connectivity index is 1.95. The van der Waals surface area contributed by atoms with Crippen molar-refractivity contribution in [2.45, 2.75) is 52.2 Å². The Kier molecular flexibility index (Phi) is 8.86. The maximum absolute atomic E-state index is 13.7. The first-order chi connectivity index (χ1) is 16.4. The molecule has 5 nitrogen and oxygen atoms in total. The third-order valence-corrected chi connectivity index (χ3v) is 5.65. The van der Waals surface area contributed by atoms with Gasteiger partial charge in [-0.2, -0.15) is 0 Å². The molecule has 0 heterocycles. The van der Waals surface area contributed by atoms with Crippen LogP contribution in [0.1, 0.15) is 36.1 Å². The zero-order chi connectivity index (χ0) is 24.5. The molecule has 3 aromatic carbocycles. The van der Waals surface area contributed by atoms with Crippen molar-refractivity contribution in [1.29, 1.82) is 0 Å². The lowest BCUT2D eigenvalue weighted by atomic mass is 10.0. The maximum atomic E-state index is 13.7. The number of benzene rings is 3. The molecule has 0 aliphatic rings. The Bertz CT molecular complexity index is 1080. The third kappa shape index (κ3) is 7.20. The second-order valence-corrected chi connectivity index (χ2v) is 8.90. The van der Waals surface area contributed by atoms with Crippen molar-refractivity contribution in [3.63, 3.8) is 0 Å². The first-order valence-corrected chi connectivity index (χ1v) is 11.7. The monoisotopic (exact) mass is 458 g/mol. The minimum Gasteiger partial charge on any atom is -0.497 e. The van der Waals surface area contributed by atoms with Crippen LogP contribution in [0.3, 0.4) is 0 Å². The highest BCUT2D eigenvalue weighted by Crippen LogP contribution is 2.18. The molecule has 3 rings (SSSR count). The van der Waals surface area contributed by atoms with Gasteiger partial charge in [0, 0.05) is 19.0 Å². The topological polar surface area (TPSA) is 58.6 Å². The zero-order valence-electron chi connectivity index (χ0n) is 20.5. The first-order valence-electron chi connectivity index (χ1n) is 11.7. The van der Waals surface area contributed by atoms with Crippen molar-refractivity contribution in [2.24, 2.45) is 0 Å². The predicted octanol–water partition coefficient (Wildman–Crippen LogP) is 4.71. The molecule has 178 valence electrons. The predicted molar refractivity (Wildman–Crippen MR) is 136 cm³/mol. The summed E-state index contributed by atoms with van der Waals surface area (Å²) in [5, 5.41) is 3.03. The second kappa shape index (κ2) is 12.0. The third-order valence-electron chi connectivity index (χ3n) is 5.65. The van der Waals surface area contributed by atoms with E-state index in [9.17, 15) is 9.59 Å². The molecule has 0 saturated carbocycles. The molecule has 1 atom stereocenters. The molecule has 0 fully saturated rings. The zero-order valence-corrected chi connectivity index (χ0v) is 20.5. The number of hydrogen-bond donors (Lipinski definition) is 1. The highest BCUT2D eigenvalue weighted by molar-refractivity contribution is 5.89. The molecule has 0 unspecified atom stereocenters. The van der Waals surface area contributed by atoms with Crippen molar-refractivity contribution in [1.82, 2.24) is 10.2 Å². The van der Waals surface area contributed by atoms with Gasteiger partial charge in [0.1, 0.15) is 11.8 Å². The molecule has 0 aliphatic carbocycles. The number of amides is 2. The van der Waals surface area contributed by atoms with Gasteiger partial charge in [0.15, 0.2) is 0 Å². The highest BCUT2D eigenvalue weighted by Gasteiger charge is 2.30. The lowest BCUT2D eigenvalue weighted by Gasteiger charge is -2.32. The Morgan fingerprint density at radius 3 is 2.18 bits per heavy atom. The summed E-state index contributed by atoms with van der Waals surface area (Å²) >= 11 is 0. The number of nitrogens with one attached hydrogen (secondary N) is 1. The van der Waals surface area contributed by atoms with Gasteiger partial charge >= 0.3 is 0 Å². The Hall–Kier alpha value is -3.60. The molecule has 5 heteroatoms. The van der Waals surface area contributed by atoms with Crippen LogP contribution in [0.5, 0.6) is 5.75 Å². The van der Waals surface area contributed by atoms with Crippen LogP contribution in [-0.2, 0) is 29.0 Å². The fraction of sp³-hybridized carbons (Fsp3) is 0.310. The van der Waals surface area contributed by atoms with Crippen LogP contribution in [0.25, 0.3) is 0 Å². The van der Waals surface area contributed by atoms with E-state index in [1.807, 2.05) is 93.6 Å². The number of carbonyl (C=O) groups excluding carboxylic acids is 2. The number of ether oxygens (including phenoxy) is 1. The Morgan fingerprint density at radius 2 is 1.56 bits per heavy atom. The Morgan fingerprint density at radius 1 is 0.882 bits per heavy atom. The summed E-state index contributed by atoms with van der Waals surface area (Å²) in [5.41, 5.74) is 4.01. The molecule has 0 spiro atoms. The van der Waals surface area contributed by atoms with Gasteiger partial charge in [0.2, 0.25) is 11.8 Å². The molecule has 0 aliphatic heterocycles. The number of carbonyl (C=O) groups is 2. The SMILES string of the molecule is COc1ccc(CC(=O)N(Cc2cccc(C)c2)[C@H](Cc2ccccc2)C(=O)NC(C)C)cc1. The fourth-order valence-electron chi connectivity index (χ4n) is 3.96. The molecule has 34 heavy (non-hydrogen) atoms. The van der Waals surface area contributed by atoms with Crippen molar-refractivity contribution < 1.29 is 14.3 Å². The van der Waals surface area contributed by atoms with Crippen LogP contribution in [0.4, 0.5) is 0 Å². The van der Waals surface area contributed by atoms with E-state index in [1.165, 1.54) is 0 Å². The van der Waals surface area contributed by atoms with Gasteiger partial charge in [-0.05, 0) is 49.6 Å². The molecule has 0 radical (unpaired) electrons. The minimum absolute atomic E-state index is 0.0247. The van der Waals surface area contributed by atoms with Crippen LogP contribution in [-0.4, -0.2) is 35.9 Å². The molecule has 2 amide bonds. The summed E-state index contributed by atoms with van der Waals surface area (Å²) in [5.74, 6) is 0.507. The van der Waals surface area contributed by atoms with Gasteiger partial charge in [-0.3, -0.25) is 9.59 Å². The standard InChI is InChI=1S/C29H34N2O3/c1-21(2)30-29(33)27(18-23-10-6-5-7-11-23)31(20-25-12-8-9-22(3)17-25)28(32)19-24-13-15-26(34-4)16-14-24/h5-17,21,27H,18-20H2,1-4H3,(H,30,33)/t27-/m1/s1. The smallest absolute Gasteiger partial charge is 0.243 e. The summed E-state index contributed by atoms with van der Waals surface area (Å²) in [6, 6.07) is 24.7. The second-order valence-electron chi connectivity index (χ2n) is 8.90. The number of rotatable bonds is 10. The lowest BCUT2D eigenvalue weighted by Crippen LogP contribution is -2.52. The first kappa shape index (κ1) is 25.0. The van der Waals surface area contributed by atoms with E-state index >= 15 is 0 Å². The van der Waals surface area contributed by atoms with Gasteiger partial charge in [0.05, 0.1) is 13.5 Å². The van der Waals surface area contributed by atoms with E-state index in [-0.39, 0.29) is 24.3 Å². The van der Waals surface area contributed by atoms with Crippen LogP contribution in [0, 0.1) is 6.92 Å². The molecule has 1 N–H and O–H groups in total. The average Bonchev–Trinajstić information content (AvgIpc) is 2.82. The van der Waals surface area contributed by atoms with Crippen molar-refractivity contribution in [2.75, 3.05) is 7.11 Å².